The van der Waals surface area contributed by atoms with E-state index in [1.54, 1.807) is 10.8 Å². The zero-order valence-electron chi connectivity index (χ0n) is 19.6. The van der Waals surface area contributed by atoms with Crippen LogP contribution in [0.3, 0.4) is 0 Å². The zero-order valence-corrected chi connectivity index (χ0v) is 19.6. The van der Waals surface area contributed by atoms with Crippen LogP contribution >= 0.6 is 0 Å². The number of hydrogen-bond acceptors (Lipinski definition) is 8. The van der Waals surface area contributed by atoms with Crippen LogP contribution in [0.15, 0.2) is 36.8 Å². The van der Waals surface area contributed by atoms with Crippen LogP contribution in [0.1, 0.15) is 19.8 Å². The topological polar surface area (TPSA) is 112 Å². The van der Waals surface area contributed by atoms with E-state index in [9.17, 15) is 5.11 Å². The van der Waals surface area contributed by atoms with Crippen molar-refractivity contribution in [1.29, 1.82) is 0 Å². The first-order valence-corrected chi connectivity index (χ1v) is 12.1. The van der Waals surface area contributed by atoms with Crippen LogP contribution < -0.4 is 20.1 Å². The fourth-order valence-electron chi connectivity index (χ4n) is 5.99. The van der Waals surface area contributed by atoms with Crippen LogP contribution in [-0.2, 0) is 11.5 Å². The van der Waals surface area contributed by atoms with Gasteiger partial charge in [-0.1, -0.05) is 12.1 Å². The molecule has 0 aliphatic carbocycles. The Bertz CT molecular complexity index is 1440. The molecule has 182 valence electrons. The molecular weight excluding hydrogens is 448 g/mol. The lowest BCUT2D eigenvalue weighted by atomic mass is 9.73. The van der Waals surface area contributed by atoms with Gasteiger partial charge >= 0.3 is 0 Å². The van der Waals surface area contributed by atoms with Crippen molar-refractivity contribution in [3.8, 4) is 22.6 Å². The smallest absolute Gasteiger partial charge is 0.231 e. The minimum Gasteiger partial charge on any atom is -0.454 e. The van der Waals surface area contributed by atoms with Gasteiger partial charge in [0, 0.05) is 54.3 Å². The number of benzene rings is 1. The summed E-state index contributed by atoms with van der Waals surface area (Å²) >= 11 is 0. The lowest BCUT2D eigenvalue weighted by Crippen LogP contribution is -2.51. The number of ether oxygens (including phenoxy) is 3. The molecule has 2 saturated heterocycles. The Labute approximate surface area is 201 Å². The van der Waals surface area contributed by atoms with Gasteiger partial charge in [0.1, 0.15) is 12.4 Å². The maximum Gasteiger partial charge on any atom is 0.231 e. The highest BCUT2D eigenvalue weighted by Crippen LogP contribution is 2.45. The van der Waals surface area contributed by atoms with E-state index < -0.39 is 0 Å². The van der Waals surface area contributed by atoms with E-state index in [-0.39, 0.29) is 31.1 Å². The Morgan fingerprint density at radius 1 is 1.17 bits per heavy atom. The number of piperidine rings is 1. The molecular formula is C25H28N6O4. The number of anilines is 1. The van der Waals surface area contributed by atoms with E-state index in [2.05, 4.69) is 11.8 Å². The lowest BCUT2D eigenvalue weighted by Gasteiger charge is -2.41. The summed E-state index contributed by atoms with van der Waals surface area (Å²) in [5.74, 6) is 2.23. The number of aliphatic hydroxyl groups is 1. The Morgan fingerprint density at radius 2 is 2.03 bits per heavy atom. The molecule has 0 saturated carbocycles. The molecule has 1 spiro atoms. The summed E-state index contributed by atoms with van der Waals surface area (Å²) in [6, 6.07) is 5.89. The largest absolute Gasteiger partial charge is 0.454 e. The van der Waals surface area contributed by atoms with Gasteiger partial charge in [0.2, 0.25) is 12.7 Å². The second-order valence-corrected chi connectivity index (χ2v) is 9.82. The summed E-state index contributed by atoms with van der Waals surface area (Å²) in [6.07, 6.45) is 7.65. The predicted molar refractivity (Wildman–Crippen MR) is 130 cm³/mol. The summed E-state index contributed by atoms with van der Waals surface area (Å²) in [6.45, 7) is 4.45. The van der Waals surface area contributed by atoms with E-state index >= 15 is 0 Å². The van der Waals surface area contributed by atoms with Crippen molar-refractivity contribution < 1.29 is 19.3 Å². The molecule has 0 amide bonds. The zero-order chi connectivity index (χ0) is 23.7. The van der Waals surface area contributed by atoms with Gasteiger partial charge in [-0.2, -0.15) is 4.98 Å². The number of aromatic nitrogens is 4. The van der Waals surface area contributed by atoms with Crippen molar-refractivity contribution in [2.75, 3.05) is 31.4 Å². The summed E-state index contributed by atoms with van der Waals surface area (Å²) in [4.78, 5) is 12.1. The Kier molecular flexibility index (Phi) is 4.54. The number of fused-ring (bicyclic) bond motifs is 4. The van der Waals surface area contributed by atoms with Gasteiger partial charge in [0.15, 0.2) is 17.1 Å². The van der Waals surface area contributed by atoms with Crippen molar-refractivity contribution in [1.82, 2.24) is 18.9 Å². The van der Waals surface area contributed by atoms with Crippen molar-refractivity contribution in [3.63, 3.8) is 0 Å². The molecule has 2 fully saturated rings. The number of imidazole rings is 1. The lowest BCUT2D eigenvalue weighted by molar-refractivity contribution is 0.0973. The minimum absolute atomic E-state index is 0.0301. The Balaban J connectivity index is 1.34. The maximum absolute atomic E-state index is 10.2. The minimum atomic E-state index is -0.195. The van der Waals surface area contributed by atoms with Crippen LogP contribution in [0.5, 0.6) is 11.5 Å². The molecule has 0 radical (unpaired) electrons. The molecule has 4 aromatic rings. The van der Waals surface area contributed by atoms with Crippen LogP contribution in [0, 0.1) is 5.41 Å². The van der Waals surface area contributed by atoms with E-state index in [1.165, 1.54) is 0 Å². The third-order valence-electron chi connectivity index (χ3n) is 8.06. The quantitative estimate of drug-likeness (QED) is 0.464. The molecule has 1 aromatic carbocycles. The molecule has 3 aliphatic heterocycles. The molecule has 10 heteroatoms. The van der Waals surface area contributed by atoms with Crippen molar-refractivity contribution in [3.05, 3.63) is 36.8 Å². The van der Waals surface area contributed by atoms with E-state index in [4.69, 9.17) is 29.9 Å². The van der Waals surface area contributed by atoms with Gasteiger partial charge in [-0.15, -0.1) is 0 Å². The number of nitrogens with two attached hydrogens (primary N) is 1. The van der Waals surface area contributed by atoms with Crippen LogP contribution in [-0.4, -0.2) is 62.7 Å². The molecule has 6 heterocycles. The molecule has 3 aromatic heterocycles. The Hall–Kier alpha value is -3.34. The third kappa shape index (κ3) is 2.93. The van der Waals surface area contributed by atoms with E-state index in [0.29, 0.717) is 17.1 Å². The van der Waals surface area contributed by atoms with Gasteiger partial charge < -0.3 is 34.5 Å². The number of hydrogen-bond donors (Lipinski definition) is 2. The first-order valence-electron chi connectivity index (χ1n) is 12.1. The monoisotopic (exact) mass is 476 g/mol. The summed E-state index contributed by atoms with van der Waals surface area (Å²) in [7, 11) is 0. The van der Waals surface area contributed by atoms with Crippen LogP contribution in [0.4, 0.5) is 5.95 Å². The average Bonchev–Trinajstić information content (AvgIpc) is 3.67. The predicted octanol–water partition coefficient (Wildman–Crippen LogP) is 2.36. The number of rotatable bonds is 3. The molecule has 0 bridgehead atoms. The average molecular weight is 477 g/mol. The van der Waals surface area contributed by atoms with Gasteiger partial charge in [-0.25, -0.2) is 4.98 Å². The molecule has 10 nitrogen and oxygen atoms in total. The second kappa shape index (κ2) is 7.58. The number of nitrogens with zero attached hydrogens (tertiary/aromatic N) is 5. The molecule has 2 atom stereocenters. The summed E-state index contributed by atoms with van der Waals surface area (Å²) in [5, 5.41) is 11.1. The normalized spacial score (nSPS) is 23.2. The van der Waals surface area contributed by atoms with E-state index in [0.717, 1.165) is 60.6 Å². The van der Waals surface area contributed by atoms with Gasteiger partial charge in [-0.3, -0.25) is 4.40 Å². The van der Waals surface area contributed by atoms with Crippen molar-refractivity contribution in [2.24, 2.45) is 11.1 Å². The highest BCUT2D eigenvalue weighted by molar-refractivity contribution is 6.05. The van der Waals surface area contributed by atoms with Gasteiger partial charge in [0.05, 0.1) is 18.1 Å². The fourth-order valence-corrected chi connectivity index (χ4v) is 5.99. The number of aliphatic hydroxyl groups excluding tert-OH is 1. The number of para-hydroxylation sites is 1. The first-order chi connectivity index (χ1) is 17.1. The van der Waals surface area contributed by atoms with E-state index in [1.807, 2.05) is 35.0 Å². The molecule has 0 unspecified atom stereocenters. The molecule has 3 N–H and O–H groups in total. The third-order valence-corrected chi connectivity index (χ3v) is 8.06. The van der Waals surface area contributed by atoms with Crippen molar-refractivity contribution >= 4 is 22.6 Å². The SMILES string of the molecule is C[C@@H]1OCC2(CCN(c3nc4c(c(-c5cccc6c5OCO6)cn4CO)c4nccn34)CC2)[C@@H]1N. The van der Waals surface area contributed by atoms with Gasteiger partial charge in [-0.05, 0) is 25.8 Å². The van der Waals surface area contributed by atoms with Gasteiger partial charge in [0.25, 0.3) is 0 Å². The Morgan fingerprint density at radius 3 is 2.80 bits per heavy atom. The fraction of sp³-hybridized carbons (Fsp3) is 0.440. The second-order valence-electron chi connectivity index (χ2n) is 9.82. The molecule has 7 rings (SSSR count). The van der Waals surface area contributed by atoms with Crippen molar-refractivity contribution in [2.45, 2.75) is 38.6 Å². The molecule has 35 heavy (non-hydrogen) atoms. The summed E-state index contributed by atoms with van der Waals surface area (Å²) in [5.41, 5.74) is 9.82. The molecule has 3 aliphatic rings. The van der Waals surface area contributed by atoms with Crippen LogP contribution in [0.2, 0.25) is 0 Å². The standard InChI is InChI=1S/C25H28N6O4/c1-15-21(26)25(12-33-15)5-8-29(9-6-25)24-28-23-19(22-27-7-10-31(22)24)17(11-30(23)13-32)16-3-2-4-18-20(16)35-14-34-18/h2-4,7,10-11,15,21,32H,5-6,8-9,12-14,26H2,1H3/t15-,21+/m0/s1. The summed E-state index contributed by atoms with van der Waals surface area (Å²) < 4.78 is 21.1. The first kappa shape index (κ1) is 21.0. The maximum atomic E-state index is 10.2. The highest BCUT2D eigenvalue weighted by atomic mass is 16.7. The highest BCUT2D eigenvalue weighted by Gasteiger charge is 2.47. The van der Waals surface area contributed by atoms with Crippen LogP contribution in [0.25, 0.3) is 27.8 Å².